The van der Waals surface area contributed by atoms with Gasteiger partial charge in [-0.3, -0.25) is 0 Å². The summed E-state index contributed by atoms with van der Waals surface area (Å²) in [5.74, 6) is 0.838. The molecule has 3 nitrogen and oxygen atoms in total. The van der Waals surface area contributed by atoms with E-state index in [-0.39, 0.29) is 12.0 Å². The van der Waals surface area contributed by atoms with E-state index in [0.717, 1.165) is 18.9 Å². The van der Waals surface area contributed by atoms with Crippen molar-refractivity contribution in [1.29, 1.82) is 0 Å². The lowest BCUT2D eigenvalue weighted by atomic mass is 9.57. The molecular weight excluding hydrogens is 300 g/mol. The molecule has 0 saturated heterocycles. The van der Waals surface area contributed by atoms with E-state index >= 15 is 0 Å². The van der Waals surface area contributed by atoms with Gasteiger partial charge < -0.3 is 10.2 Å². The van der Waals surface area contributed by atoms with E-state index in [4.69, 9.17) is 5.11 Å². The maximum absolute atomic E-state index is 10.7. The molecule has 2 N–H and O–H groups in total. The van der Waals surface area contributed by atoms with Crippen LogP contribution in [0.15, 0.2) is 47.6 Å². The van der Waals surface area contributed by atoms with Gasteiger partial charge in [-0.15, -0.1) is 0 Å². The zero-order chi connectivity index (χ0) is 17.9. The first-order valence-corrected chi connectivity index (χ1v) is 8.93. The van der Waals surface area contributed by atoms with E-state index in [1.807, 2.05) is 6.08 Å². The third kappa shape index (κ3) is 3.89. The van der Waals surface area contributed by atoms with Crippen LogP contribution < -0.4 is 0 Å². The summed E-state index contributed by atoms with van der Waals surface area (Å²) in [5, 5.41) is 19.3. The second-order valence-corrected chi connectivity index (χ2v) is 7.36. The molecule has 0 bridgehead atoms. The molecule has 2 aliphatic carbocycles. The van der Waals surface area contributed by atoms with Crippen molar-refractivity contribution in [3.05, 3.63) is 47.6 Å². The van der Waals surface area contributed by atoms with Gasteiger partial charge in [0.15, 0.2) is 0 Å². The summed E-state index contributed by atoms with van der Waals surface area (Å²) in [6, 6.07) is 0. The number of aliphatic hydroxyl groups is 1. The molecule has 3 heteroatoms. The first kappa shape index (κ1) is 18.7. The minimum Gasteiger partial charge on any atom is -0.478 e. The van der Waals surface area contributed by atoms with Crippen LogP contribution in [0.25, 0.3) is 0 Å². The molecule has 24 heavy (non-hydrogen) atoms. The Labute approximate surface area is 145 Å². The van der Waals surface area contributed by atoms with Gasteiger partial charge >= 0.3 is 5.97 Å². The average molecular weight is 330 g/mol. The first-order valence-electron chi connectivity index (χ1n) is 8.93. The van der Waals surface area contributed by atoms with E-state index in [9.17, 15) is 9.90 Å². The van der Waals surface area contributed by atoms with Gasteiger partial charge in [-0.25, -0.2) is 4.79 Å². The second-order valence-electron chi connectivity index (χ2n) is 7.36. The third-order valence-electron chi connectivity index (χ3n) is 5.87. The maximum atomic E-state index is 10.7. The number of carboxylic acid groups (broad SMARTS) is 1. The number of hydrogen-bond acceptors (Lipinski definition) is 2. The highest BCUT2D eigenvalue weighted by Crippen LogP contribution is 2.50. The van der Waals surface area contributed by atoms with Gasteiger partial charge in [0, 0.05) is 17.9 Å². The summed E-state index contributed by atoms with van der Waals surface area (Å²) in [5.41, 5.74) is 2.66. The monoisotopic (exact) mass is 330 g/mol. The number of rotatable bonds is 4. The first-order chi connectivity index (χ1) is 11.4. The molecule has 132 valence electrons. The number of fused-ring (bicyclic) bond motifs is 1. The molecule has 0 amide bonds. The summed E-state index contributed by atoms with van der Waals surface area (Å²) in [7, 11) is 0. The molecule has 4 unspecified atom stereocenters. The van der Waals surface area contributed by atoms with Gasteiger partial charge in [-0.2, -0.15) is 0 Å². The Morgan fingerprint density at radius 3 is 2.62 bits per heavy atom. The smallest absolute Gasteiger partial charge is 0.328 e. The molecule has 2 rings (SSSR count). The third-order valence-corrected chi connectivity index (χ3v) is 5.87. The Balaban J connectivity index is 2.42. The summed E-state index contributed by atoms with van der Waals surface area (Å²) in [6.45, 7) is 8.68. The number of carboxylic acids is 1. The van der Waals surface area contributed by atoms with Crippen LogP contribution in [0, 0.1) is 29.6 Å². The number of hydrogen-bond donors (Lipinski definition) is 2. The average Bonchev–Trinajstić information content (AvgIpc) is 2.53. The molecule has 2 aliphatic rings. The van der Waals surface area contributed by atoms with Gasteiger partial charge in [-0.1, -0.05) is 48.5 Å². The highest BCUT2D eigenvalue weighted by atomic mass is 16.4. The van der Waals surface area contributed by atoms with Gasteiger partial charge in [-0.05, 0) is 51.4 Å². The van der Waals surface area contributed by atoms with Crippen LogP contribution in [0.3, 0.4) is 0 Å². The predicted octanol–water partition coefficient (Wildman–Crippen LogP) is 4.37. The minimum atomic E-state index is -0.931. The topological polar surface area (TPSA) is 57.5 Å². The fourth-order valence-corrected chi connectivity index (χ4v) is 4.66. The number of aliphatic hydroxyl groups excluding tert-OH is 1. The van der Waals surface area contributed by atoms with Crippen LogP contribution in [0.1, 0.15) is 40.5 Å². The summed E-state index contributed by atoms with van der Waals surface area (Å²) >= 11 is 0. The summed E-state index contributed by atoms with van der Waals surface area (Å²) in [4.78, 5) is 10.7. The van der Waals surface area contributed by atoms with Gasteiger partial charge in [0.05, 0.1) is 6.10 Å². The van der Waals surface area contributed by atoms with Crippen molar-refractivity contribution >= 4 is 5.97 Å². The van der Waals surface area contributed by atoms with Crippen LogP contribution in [0.2, 0.25) is 0 Å². The number of carbonyl (C=O) groups is 1. The van der Waals surface area contributed by atoms with Crippen molar-refractivity contribution in [3.63, 3.8) is 0 Å². The summed E-state index contributed by atoms with van der Waals surface area (Å²) in [6.07, 6.45) is 12.9. The molecule has 0 aliphatic heterocycles. The predicted molar refractivity (Wildman–Crippen MR) is 97.5 cm³/mol. The lowest BCUT2D eigenvalue weighted by Gasteiger charge is -2.48. The van der Waals surface area contributed by atoms with Crippen LogP contribution >= 0.6 is 0 Å². The van der Waals surface area contributed by atoms with E-state index < -0.39 is 5.97 Å². The highest BCUT2D eigenvalue weighted by Gasteiger charge is 2.45. The number of aliphatic carboxylic acids is 1. The van der Waals surface area contributed by atoms with Crippen molar-refractivity contribution in [2.75, 3.05) is 0 Å². The van der Waals surface area contributed by atoms with Crippen LogP contribution in [0.4, 0.5) is 0 Å². The second kappa shape index (κ2) is 7.98. The molecule has 0 radical (unpaired) electrons. The minimum absolute atomic E-state index is 0.202. The molecule has 0 heterocycles. The molecule has 1 saturated carbocycles. The van der Waals surface area contributed by atoms with Crippen molar-refractivity contribution in [2.45, 2.75) is 46.6 Å². The molecule has 0 aromatic heterocycles. The Morgan fingerprint density at radius 1 is 1.29 bits per heavy atom. The van der Waals surface area contributed by atoms with Gasteiger partial charge in [0.25, 0.3) is 0 Å². The highest BCUT2D eigenvalue weighted by molar-refractivity contribution is 5.80. The Morgan fingerprint density at radius 2 is 2.00 bits per heavy atom. The standard InChI is InChI=1S/C21H30O3/c1-5-13(2)20-15(4)12-17-18(22)11-10-14(3)21(17)16(20)8-6-7-9-19(23)24/h5-9,12,14,16-18,20-22H,10-11H2,1-4H3,(H,23,24)/b8-6+,9-7+,13-5-/t14?,16-,17?,18?,20-,21?/m1/s1. The van der Waals surface area contributed by atoms with Crippen LogP contribution in [-0.4, -0.2) is 22.3 Å². The van der Waals surface area contributed by atoms with Crippen molar-refractivity contribution in [3.8, 4) is 0 Å². The van der Waals surface area contributed by atoms with E-state index in [0.29, 0.717) is 23.7 Å². The van der Waals surface area contributed by atoms with Crippen molar-refractivity contribution < 1.29 is 15.0 Å². The molecule has 6 atom stereocenters. The van der Waals surface area contributed by atoms with E-state index in [1.54, 1.807) is 6.08 Å². The van der Waals surface area contributed by atoms with Crippen LogP contribution in [0.5, 0.6) is 0 Å². The van der Waals surface area contributed by atoms with E-state index in [1.165, 1.54) is 11.1 Å². The largest absolute Gasteiger partial charge is 0.478 e. The van der Waals surface area contributed by atoms with Crippen molar-refractivity contribution in [2.24, 2.45) is 29.6 Å². The zero-order valence-corrected chi connectivity index (χ0v) is 15.1. The van der Waals surface area contributed by atoms with Crippen LogP contribution in [-0.2, 0) is 4.79 Å². The zero-order valence-electron chi connectivity index (χ0n) is 15.1. The Kier molecular flexibility index (Phi) is 6.22. The van der Waals surface area contributed by atoms with Crippen molar-refractivity contribution in [1.82, 2.24) is 0 Å². The summed E-state index contributed by atoms with van der Waals surface area (Å²) < 4.78 is 0. The molecule has 0 aromatic carbocycles. The SMILES string of the molecule is C/C=C(/C)[C@@H]1C(C)=CC2C(O)CCC(C)C2[C@@H]1/C=C/C=C/C(=O)O. The lowest BCUT2D eigenvalue weighted by molar-refractivity contribution is -0.131. The fourth-order valence-electron chi connectivity index (χ4n) is 4.66. The molecule has 1 fully saturated rings. The number of allylic oxidation sites excluding steroid dienone is 6. The maximum Gasteiger partial charge on any atom is 0.328 e. The van der Waals surface area contributed by atoms with E-state index in [2.05, 4.69) is 45.9 Å². The normalized spacial score (nSPS) is 37.5. The Bertz CT molecular complexity index is 582. The fraction of sp³-hybridized carbons (Fsp3) is 0.571. The molecular formula is C21H30O3. The molecule has 0 spiro atoms. The lowest BCUT2D eigenvalue weighted by Crippen LogP contribution is -2.45. The Hall–Kier alpha value is -1.61. The van der Waals surface area contributed by atoms with Gasteiger partial charge in [0.1, 0.15) is 0 Å². The van der Waals surface area contributed by atoms with Gasteiger partial charge in [0.2, 0.25) is 0 Å². The molecule has 0 aromatic rings. The quantitative estimate of drug-likeness (QED) is 0.457.